The number of carboxylic acids is 1. The van der Waals surface area contributed by atoms with E-state index in [-0.39, 0.29) is 55.9 Å². The molecule has 1 unspecified atom stereocenters. The lowest BCUT2D eigenvalue weighted by Gasteiger charge is -2.31. The Labute approximate surface area is 354 Å². The van der Waals surface area contributed by atoms with Gasteiger partial charge in [0.25, 0.3) is 0 Å². The molecular weight excluding hydrogens is 776 g/mol. The Kier molecular flexibility index (Phi) is 27.0. The number of aromatic carboxylic acids is 1. The van der Waals surface area contributed by atoms with Crippen LogP contribution in [0, 0.1) is 0 Å². The first kappa shape index (κ1) is 54.5. The highest BCUT2D eigenvalue weighted by Gasteiger charge is 2.42. The fourth-order valence-electron chi connectivity index (χ4n) is 5.79. The molecule has 1 aliphatic carbocycles. The van der Waals surface area contributed by atoms with Crippen LogP contribution < -0.4 is 5.32 Å². The van der Waals surface area contributed by atoms with Crippen molar-refractivity contribution in [3.8, 4) is 0 Å². The lowest BCUT2D eigenvalue weighted by atomic mass is 9.78. The summed E-state index contributed by atoms with van der Waals surface area (Å²) >= 11 is 0. The molecular formula is C48H64F3NO8. The number of alkyl halides is 3. The van der Waals surface area contributed by atoms with Crippen molar-refractivity contribution in [2.75, 3.05) is 31.7 Å². The molecule has 330 valence electrons. The molecule has 0 heterocycles. The van der Waals surface area contributed by atoms with E-state index in [0.717, 1.165) is 11.6 Å². The van der Waals surface area contributed by atoms with Gasteiger partial charge >= 0.3 is 24.1 Å². The maximum atomic E-state index is 13.1. The highest BCUT2D eigenvalue weighted by atomic mass is 19.4. The number of halogens is 3. The van der Waals surface area contributed by atoms with Crippen molar-refractivity contribution < 1.29 is 51.7 Å². The minimum Gasteiger partial charge on any atom is -0.478 e. The molecule has 0 saturated heterocycles. The van der Waals surface area contributed by atoms with Gasteiger partial charge in [-0.1, -0.05) is 133 Å². The Hall–Kier alpha value is -5.49. The van der Waals surface area contributed by atoms with E-state index in [2.05, 4.69) is 11.9 Å². The Morgan fingerprint density at radius 3 is 2.10 bits per heavy atom. The predicted molar refractivity (Wildman–Crippen MR) is 234 cm³/mol. The molecule has 2 N–H and O–H groups in total. The Morgan fingerprint density at radius 1 is 0.900 bits per heavy atom. The Bertz CT molecular complexity index is 1820. The number of rotatable bonds is 18. The summed E-state index contributed by atoms with van der Waals surface area (Å²) in [5.41, 5.74) is 1.59. The summed E-state index contributed by atoms with van der Waals surface area (Å²) in [7, 11) is 0. The van der Waals surface area contributed by atoms with Gasteiger partial charge in [-0.15, -0.1) is 0 Å². The summed E-state index contributed by atoms with van der Waals surface area (Å²) in [5, 5.41) is 12.3. The molecule has 0 aromatic heterocycles. The van der Waals surface area contributed by atoms with Crippen LogP contribution in [0.2, 0.25) is 0 Å². The van der Waals surface area contributed by atoms with Crippen molar-refractivity contribution >= 4 is 29.5 Å². The number of carbonyl (C=O) groups is 4. The van der Waals surface area contributed by atoms with Gasteiger partial charge in [0.05, 0.1) is 37.5 Å². The molecule has 60 heavy (non-hydrogen) atoms. The number of anilines is 1. The van der Waals surface area contributed by atoms with Crippen LogP contribution >= 0.6 is 0 Å². The number of hydrogen-bond donors (Lipinski definition) is 2. The molecule has 0 spiro atoms. The molecule has 0 radical (unpaired) electrons. The van der Waals surface area contributed by atoms with Crippen LogP contribution in [0.5, 0.6) is 0 Å². The van der Waals surface area contributed by atoms with Crippen LogP contribution in [0.15, 0.2) is 120 Å². The number of aryl methyl sites for hydroxylation is 1. The normalized spacial score (nSPS) is 13.4. The lowest BCUT2D eigenvalue weighted by Crippen LogP contribution is -2.43. The van der Waals surface area contributed by atoms with Gasteiger partial charge in [0, 0.05) is 25.5 Å². The summed E-state index contributed by atoms with van der Waals surface area (Å²) in [6.45, 7) is 21.6. The lowest BCUT2D eigenvalue weighted by molar-refractivity contribution is -0.156. The van der Waals surface area contributed by atoms with Crippen molar-refractivity contribution in [2.24, 2.45) is 0 Å². The number of esters is 2. The third kappa shape index (κ3) is 17.8. The van der Waals surface area contributed by atoms with Crippen LogP contribution in [0.25, 0.3) is 0 Å². The maximum absolute atomic E-state index is 13.1. The van der Waals surface area contributed by atoms with E-state index in [1.165, 1.54) is 31.2 Å². The molecule has 2 aromatic rings. The van der Waals surface area contributed by atoms with Gasteiger partial charge in [-0.25, -0.2) is 4.79 Å². The van der Waals surface area contributed by atoms with Gasteiger partial charge in [0.1, 0.15) is 5.41 Å². The van der Waals surface area contributed by atoms with Gasteiger partial charge in [0.2, 0.25) is 5.91 Å². The van der Waals surface area contributed by atoms with Crippen LogP contribution in [-0.4, -0.2) is 61.5 Å². The number of ether oxygens (including phenoxy) is 3. The van der Waals surface area contributed by atoms with Crippen LogP contribution in [0.3, 0.4) is 0 Å². The van der Waals surface area contributed by atoms with Crippen molar-refractivity contribution in [2.45, 2.75) is 106 Å². The third-order valence-corrected chi connectivity index (χ3v) is 8.64. The molecule has 1 amide bonds. The maximum Gasteiger partial charge on any atom is 0.412 e. The SMILES string of the molecule is C=C/C(CC(=O)Nc1cccc(CC)c1C(=O)O)=C(\C=C/CC)C1=CC=C(C(F)(F)F)CC=C1.CC.CC.CCOCC(CCOC(C)=O)(C(=O)OCC)c1ccccc1. The first-order valence-corrected chi connectivity index (χ1v) is 20.4. The van der Waals surface area contributed by atoms with E-state index < -0.39 is 29.0 Å². The molecule has 0 aliphatic heterocycles. The first-order chi connectivity index (χ1) is 28.7. The molecule has 12 heteroatoms. The second-order valence-corrected chi connectivity index (χ2v) is 12.5. The monoisotopic (exact) mass is 839 g/mol. The molecule has 3 rings (SSSR count). The topological polar surface area (TPSA) is 128 Å². The second kappa shape index (κ2) is 29.7. The minimum absolute atomic E-state index is 0.0350. The van der Waals surface area contributed by atoms with E-state index in [0.29, 0.717) is 48.2 Å². The third-order valence-electron chi connectivity index (χ3n) is 8.64. The van der Waals surface area contributed by atoms with E-state index >= 15 is 0 Å². The van der Waals surface area contributed by atoms with Gasteiger partial charge < -0.3 is 24.6 Å². The zero-order chi connectivity index (χ0) is 45.7. The van der Waals surface area contributed by atoms with Crippen molar-refractivity contribution in [3.05, 3.63) is 137 Å². The molecule has 1 atom stereocenters. The number of benzene rings is 2. The highest BCUT2D eigenvalue weighted by molar-refractivity contribution is 6.02. The molecule has 0 bridgehead atoms. The van der Waals surface area contributed by atoms with Crippen LogP contribution in [-0.2, 0) is 40.4 Å². The average molecular weight is 840 g/mol. The van der Waals surface area contributed by atoms with Gasteiger partial charge in [0.15, 0.2) is 0 Å². The average Bonchev–Trinajstić information content (AvgIpc) is 3.50. The summed E-state index contributed by atoms with van der Waals surface area (Å²) in [6, 6.07) is 14.2. The zero-order valence-corrected chi connectivity index (χ0v) is 36.7. The standard InChI is InChI=1S/C27H28F3NO3.C17H24O5.2C2H6/c1-4-7-13-22(20-11-8-12-21(16-15-20)27(28,29)30)19(6-3)17-24(32)31-23-14-9-10-18(5-2)25(23)26(33)34;1-4-20-13-17(16(19)21-5-2,11-12-22-14(3)18)15-9-7-6-8-10-15;2*1-2/h6-11,13-16H,3-5,12,17H2,1-2H3,(H,31,32)(H,33,34);6-10H,4-5,11-13H2,1-3H3;2*1-2H3/b13-7-,22-19-;;;. The summed E-state index contributed by atoms with van der Waals surface area (Å²) in [6.07, 6.45) is 7.25. The fraction of sp³-hybridized carbons (Fsp3) is 0.417. The highest BCUT2D eigenvalue weighted by Crippen LogP contribution is 2.33. The van der Waals surface area contributed by atoms with Crippen molar-refractivity contribution in [3.63, 3.8) is 0 Å². The van der Waals surface area contributed by atoms with Crippen LogP contribution in [0.1, 0.15) is 109 Å². The summed E-state index contributed by atoms with van der Waals surface area (Å²) in [5.74, 6) is -2.33. The van der Waals surface area contributed by atoms with Crippen LogP contribution in [0.4, 0.5) is 18.9 Å². The number of amides is 1. The Morgan fingerprint density at radius 2 is 1.57 bits per heavy atom. The van der Waals surface area contributed by atoms with E-state index in [1.807, 2.05) is 84.9 Å². The predicted octanol–water partition coefficient (Wildman–Crippen LogP) is 11.6. The molecule has 1 aliphatic rings. The summed E-state index contributed by atoms with van der Waals surface area (Å²) in [4.78, 5) is 48.2. The zero-order valence-electron chi connectivity index (χ0n) is 36.7. The van der Waals surface area contributed by atoms with E-state index in [1.54, 1.807) is 31.2 Å². The van der Waals surface area contributed by atoms with Gasteiger partial charge in [-0.05, 0) is 67.0 Å². The number of carboxylic acid groups (broad SMARTS) is 1. The quantitative estimate of drug-likeness (QED) is 0.112. The van der Waals surface area contributed by atoms with Crippen molar-refractivity contribution in [1.29, 1.82) is 0 Å². The number of carbonyl (C=O) groups excluding carboxylic acids is 3. The van der Waals surface area contributed by atoms with E-state index in [4.69, 9.17) is 14.2 Å². The van der Waals surface area contributed by atoms with E-state index in [9.17, 15) is 37.5 Å². The largest absolute Gasteiger partial charge is 0.478 e. The molecule has 0 saturated carbocycles. The molecule has 9 nitrogen and oxygen atoms in total. The number of allylic oxidation sites excluding steroid dienone is 10. The molecule has 0 fully saturated rings. The fourth-order valence-corrected chi connectivity index (χ4v) is 5.79. The Balaban J connectivity index is 0.00000116. The number of nitrogens with one attached hydrogen (secondary N) is 1. The first-order valence-electron chi connectivity index (χ1n) is 20.4. The van der Waals surface area contributed by atoms with Gasteiger partial charge in [-0.3, -0.25) is 14.4 Å². The smallest absolute Gasteiger partial charge is 0.412 e. The second-order valence-electron chi connectivity index (χ2n) is 12.5. The van der Waals surface area contributed by atoms with Crippen molar-refractivity contribution in [1.82, 2.24) is 0 Å². The summed E-state index contributed by atoms with van der Waals surface area (Å²) < 4.78 is 55.2. The molecule has 2 aromatic carbocycles. The number of hydrogen-bond acceptors (Lipinski definition) is 7. The van der Waals surface area contributed by atoms with Gasteiger partial charge in [-0.2, -0.15) is 13.2 Å². The minimum atomic E-state index is -4.42.